The number of aryl methyl sites for hydroxylation is 2. The number of hydrogen-bond donors (Lipinski definition) is 2. The Morgan fingerprint density at radius 2 is 0.950 bits per heavy atom. The molecule has 2 heterocycles. The third-order valence-corrected chi connectivity index (χ3v) is 5.72. The summed E-state index contributed by atoms with van der Waals surface area (Å²) in [5, 5.41) is 0. The lowest BCUT2D eigenvalue weighted by Crippen LogP contribution is -2.00. The standard InChI is InChI=1S/C16H24N2S2/c17-11-9-15-7-5-13(19-15)3-1-2-4-14-6-8-16(20-14)10-12-18/h5-8H,1-4,9-12,17-18H2. The van der Waals surface area contributed by atoms with Gasteiger partial charge in [-0.25, -0.2) is 0 Å². The fourth-order valence-electron chi connectivity index (χ4n) is 2.27. The van der Waals surface area contributed by atoms with E-state index >= 15 is 0 Å². The molecule has 4 heteroatoms. The zero-order valence-corrected chi connectivity index (χ0v) is 13.6. The Bertz CT molecular complexity index is 456. The van der Waals surface area contributed by atoms with E-state index in [2.05, 4.69) is 24.3 Å². The van der Waals surface area contributed by atoms with Gasteiger partial charge in [-0.15, -0.1) is 22.7 Å². The molecule has 0 amide bonds. The Morgan fingerprint density at radius 3 is 1.30 bits per heavy atom. The molecule has 0 saturated heterocycles. The van der Waals surface area contributed by atoms with Gasteiger partial charge >= 0.3 is 0 Å². The van der Waals surface area contributed by atoms with Gasteiger partial charge in [0.15, 0.2) is 0 Å². The van der Waals surface area contributed by atoms with Crippen LogP contribution in [0.3, 0.4) is 0 Å². The first-order chi connectivity index (χ1) is 9.81. The van der Waals surface area contributed by atoms with E-state index in [0.29, 0.717) is 0 Å². The lowest BCUT2D eigenvalue weighted by atomic mass is 10.1. The number of rotatable bonds is 9. The number of thiophene rings is 2. The van der Waals surface area contributed by atoms with Crippen LogP contribution in [0.2, 0.25) is 0 Å². The van der Waals surface area contributed by atoms with Crippen LogP contribution in [-0.2, 0) is 25.7 Å². The largest absolute Gasteiger partial charge is 0.330 e. The molecule has 0 aromatic carbocycles. The molecular weight excluding hydrogens is 284 g/mol. The molecule has 2 aromatic heterocycles. The van der Waals surface area contributed by atoms with E-state index in [1.165, 1.54) is 45.2 Å². The van der Waals surface area contributed by atoms with Crippen molar-refractivity contribution in [2.45, 2.75) is 38.5 Å². The van der Waals surface area contributed by atoms with Crippen molar-refractivity contribution < 1.29 is 0 Å². The molecule has 0 aliphatic carbocycles. The van der Waals surface area contributed by atoms with E-state index in [1.807, 2.05) is 22.7 Å². The zero-order valence-electron chi connectivity index (χ0n) is 11.9. The van der Waals surface area contributed by atoms with Crippen LogP contribution in [0.1, 0.15) is 32.4 Å². The summed E-state index contributed by atoms with van der Waals surface area (Å²) in [5.74, 6) is 0. The minimum absolute atomic E-state index is 0.753. The first kappa shape index (κ1) is 15.7. The van der Waals surface area contributed by atoms with Crippen molar-refractivity contribution in [2.75, 3.05) is 13.1 Å². The summed E-state index contributed by atoms with van der Waals surface area (Å²) in [6.45, 7) is 1.51. The average molecular weight is 309 g/mol. The third-order valence-electron chi connectivity index (χ3n) is 3.31. The third kappa shape index (κ3) is 5.02. The monoisotopic (exact) mass is 308 g/mol. The second-order valence-corrected chi connectivity index (χ2v) is 7.53. The maximum atomic E-state index is 5.58. The molecule has 0 radical (unpaired) electrons. The van der Waals surface area contributed by atoms with E-state index in [1.54, 1.807) is 0 Å². The summed E-state index contributed by atoms with van der Waals surface area (Å²) >= 11 is 3.85. The number of unbranched alkanes of at least 4 members (excludes halogenated alkanes) is 1. The van der Waals surface area contributed by atoms with Crippen LogP contribution >= 0.6 is 22.7 Å². The fraction of sp³-hybridized carbons (Fsp3) is 0.500. The van der Waals surface area contributed by atoms with Gasteiger partial charge in [0.05, 0.1) is 0 Å². The quantitative estimate of drug-likeness (QED) is 0.698. The predicted molar refractivity (Wildman–Crippen MR) is 90.8 cm³/mol. The highest BCUT2D eigenvalue weighted by Crippen LogP contribution is 2.21. The summed E-state index contributed by atoms with van der Waals surface area (Å²) in [6, 6.07) is 8.98. The topological polar surface area (TPSA) is 52.0 Å². The van der Waals surface area contributed by atoms with Crippen LogP contribution in [0.4, 0.5) is 0 Å². The molecule has 4 N–H and O–H groups in total. The van der Waals surface area contributed by atoms with Crippen molar-refractivity contribution in [3.05, 3.63) is 43.8 Å². The number of hydrogen-bond acceptors (Lipinski definition) is 4. The van der Waals surface area contributed by atoms with E-state index in [4.69, 9.17) is 11.5 Å². The summed E-state index contributed by atoms with van der Waals surface area (Å²) in [7, 11) is 0. The molecule has 2 nitrogen and oxygen atoms in total. The molecule has 0 unspecified atom stereocenters. The van der Waals surface area contributed by atoms with Gasteiger partial charge in [-0.3, -0.25) is 0 Å². The van der Waals surface area contributed by atoms with E-state index in [-0.39, 0.29) is 0 Å². The lowest BCUT2D eigenvalue weighted by molar-refractivity contribution is 0.746. The maximum Gasteiger partial charge on any atom is 0.00607 e. The van der Waals surface area contributed by atoms with Crippen molar-refractivity contribution in [2.24, 2.45) is 11.5 Å². The van der Waals surface area contributed by atoms with Crippen LogP contribution in [-0.4, -0.2) is 13.1 Å². The Labute approximate surface area is 129 Å². The molecule has 2 rings (SSSR count). The smallest absolute Gasteiger partial charge is 0.00607 e. The van der Waals surface area contributed by atoms with E-state index < -0.39 is 0 Å². The first-order valence-corrected chi connectivity index (χ1v) is 9.00. The Morgan fingerprint density at radius 1 is 0.600 bits per heavy atom. The zero-order chi connectivity index (χ0) is 14.2. The van der Waals surface area contributed by atoms with Gasteiger partial charge in [0.1, 0.15) is 0 Å². The van der Waals surface area contributed by atoms with Gasteiger partial charge in [-0.2, -0.15) is 0 Å². The van der Waals surface area contributed by atoms with E-state index in [9.17, 15) is 0 Å². The van der Waals surface area contributed by atoms with Gasteiger partial charge in [0.2, 0.25) is 0 Å². The average Bonchev–Trinajstić information content (AvgIpc) is 3.06. The van der Waals surface area contributed by atoms with Gasteiger partial charge in [-0.05, 0) is 75.9 Å². The molecule has 0 aliphatic rings. The summed E-state index contributed by atoms with van der Waals surface area (Å²) < 4.78 is 0. The maximum absolute atomic E-state index is 5.58. The number of nitrogens with two attached hydrogens (primary N) is 2. The molecule has 0 aliphatic heterocycles. The second-order valence-electron chi connectivity index (χ2n) is 5.02. The molecule has 110 valence electrons. The highest BCUT2D eigenvalue weighted by Gasteiger charge is 2.02. The fourth-order valence-corrected chi connectivity index (χ4v) is 4.42. The molecule has 20 heavy (non-hydrogen) atoms. The van der Waals surface area contributed by atoms with Crippen LogP contribution in [0.25, 0.3) is 0 Å². The minimum atomic E-state index is 0.753. The van der Waals surface area contributed by atoms with Gasteiger partial charge in [0.25, 0.3) is 0 Å². The molecule has 2 aromatic rings. The summed E-state index contributed by atoms with van der Waals surface area (Å²) in [5.41, 5.74) is 11.2. The molecule has 0 atom stereocenters. The predicted octanol–water partition coefficient (Wildman–Crippen LogP) is 3.38. The molecular formula is C16H24N2S2. The van der Waals surface area contributed by atoms with Crippen molar-refractivity contribution >= 4 is 22.7 Å². The van der Waals surface area contributed by atoms with E-state index in [0.717, 1.165) is 25.9 Å². The molecule has 0 bridgehead atoms. The van der Waals surface area contributed by atoms with Crippen molar-refractivity contribution in [3.8, 4) is 0 Å². The van der Waals surface area contributed by atoms with Gasteiger partial charge < -0.3 is 11.5 Å². The van der Waals surface area contributed by atoms with Crippen LogP contribution in [0.15, 0.2) is 24.3 Å². The Hall–Kier alpha value is -0.680. The highest BCUT2D eigenvalue weighted by molar-refractivity contribution is 7.12. The minimum Gasteiger partial charge on any atom is -0.330 e. The Kier molecular flexibility index (Phi) is 6.73. The Balaban J connectivity index is 1.67. The normalized spacial score (nSPS) is 11.1. The summed E-state index contributed by atoms with van der Waals surface area (Å²) in [4.78, 5) is 5.85. The van der Waals surface area contributed by atoms with Crippen LogP contribution in [0, 0.1) is 0 Å². The second kappa shape index (κ2) is 8.57. The van der Waals surface area contributed by atoms with Crippen LogP contribution < -0.4 is 11.5 Å². The van der Waals surface area contributed by atoms with Crippen molar-refractivity contribution in [3.63, 3.8) is 0 Å². The lowest BCUT2D eigenvalue weighted by Gasteiger charge is -1.98. The SMILES string of the molecule is NCCc1ccc(CCCCc2ccc(CCN)s2)s1. The molecule has 0 spiro atoms. The van der Waals surface area contributed by atoms with Crippen LogP contribution in [0.5, 0.6) is 0 Å². The first-order valence-electron chi connectivity index (χ1n) is 7.37. The van der Waals surface area contributed by atoms with Gasteiger partial charge in [-0.1, -0.05) is 0 Å². The van der Waals surface area contributed by atoms with Crippen molar-refractivity contribution in [1.82, 2.24) is 0 Å². The molecule has 0 saturated carbocycles. The van der Waals surface area contributed by atoms with Crippen molar-refractivity contribution in [1.29, 1.82) is 0 Å². The summed E-state index contributed by atoms with van der Waals surface area (Å²) in [6.07, 6.45) is 6.99. The highest BCUT2D eigenvalue weighted by atomic mass is 32.1. The molecule has 0 fully saturated rings. The van der Waals surface area contributed by atoms with Gasteiger partial charge in [0, 0.05) is 19.5 Å².